The predicted octanol–water partition coefficient (Wildman–Crippen LogP) is 3.35. The zero-order chi connectivity index (χ0) is 16.9. The van der Waals surface area contributed by atoms with E-state index in [0.717, 1.165) is 38.4 Å². The molecule has 0 spiro atoms. The highest BCUT2D eigenvalue weighted by molar-refractivity contribution is 5.53. The molecule has 25 heavy (non-hydrogen) atoms. The third-order valence-electron chi connectivity index (χ3n) is 4.59. The normalized spacial score (nSPS) is 18.8. The Labute approximate surface area is 147 Å². The molecule has 0 N–H and O–H groups in total. The molecule has 1 aromatic heterocycles. The third-order valence-corrected chi connectivity index (χ3v) is 4.59. The molecule has 1 atom stereocenters. The van der Waals surface area contributed by atoms with E-state index in [0.29, 0.717) is 11.8 Å². The minimum Gasteiger partial charge on any atom is -0.379 e. The molecule has 0 radical (unpaired) electrons. The quantitative estimate of drug-likeness (QED) is 0.732. The zero-order valence-corrected chi connectivity index (χ0v) is 14.0. The topological polar surface area (TPSA) is 51.4 Å². The SMILES string of the molecule is c1ccc(CN2CCOCC(c3ccc(-c4ncno4)cc3)C2)cc1. The lowest BCUT2D eigenvalue weighted by Crippen LogP contribution is -2.28. The molecule has 1 unspecified atom stereocenters. The maximum absolute atomic E-state index is 5.85. The Morgan fingerprint density at radius 2 is 1.88 bits per heavy atom. The van der Waals surface area contributed by atoms with E-state index in [4.69, 9.17) is 9.26 Å². The molecular weight excluding hydrogens is 314 g/mol. The van der Waals surface area contributed by atoms with Gasteiger partial charge in [0.15, 0.2) is 6.33 Å². The molecule has 1 aliphatic rings. The summed E-state index contributed by atoms with van der Waals surface area (Å²) in [5.74, 6) is 0.914. The second kappa shape index (κ2) is 7.59. The van der Waals surface area contributed by atoms with Gasteiger partial charge in [-0.15, -0.1) is 0 Å². The fourth-order valence-corrected chi connectivity index (χ4v) is 3.26. The van der Waals surface area contributed by atoms with E-state index < -0.39 is 0 Å². The summed E-state index contributed by atoms with van der Waals surface area (Å²) in [6.45, 7) is 4.45. The number of nitrogens with zero attached hydrogens (tertiary/aromatic N) is 3. The predicted molar refractivity (Wildman–Crippen MR) is 95.0 cm³/mol. The van der Waals surface area contributed by atoms with E-state index in [2.05, 4.69) is 57.5 Å². The van der Waals surface area contributed by atoms with Crippen LogP contribution in [0.15, 0.2) is 65.4 Å². The summed E-state index contributed by atoms with van der Waals surface area (Å²) >= 11 is 0. The first-order chi connectivity index (χ1) is 12.4. The maximum Gasteiger partial charge on any atom is 0.257 e. The molecule has 1 aliphatic heterocycles. The van der Waals surface area contributed by atoms with E-state index in [1.165, 1.54) is 17.5 Å². The number of aromatic nitrogens is 2. The van der Waals surface area contributed by atoms with Crippen molar-refractivity contribution in [2.75, 3.05) is 26.3 Å². The van der Waals surface area contributed by atoms with Crippen molar-refractivity contribution >= 4 is 0 Å². The van der Waals surface area contributed by atoms with Gasteiger partial charge in [0.2, 0.25) is 0 Å². The Morgan fingerprint density at radius 3 is 2.64 bits per heavy atom. The van der Waals surface area contributed by atoms with E-state index in [-0.39, 0.29) is 0 Å². The minimum atomic E-state index is 0.364. The summed E-state index contributed by atoms with van der Waals surface area (Å²) in [4.78, 5) is 6.56. The van der Waals surface area contributed by atoms with Crippen molar-refractivity contribution in [3.63, 3.8) is 0 Å². The van der Waals surface area contributed by atoms with Gasteiger partial charge in [-0.05, 0) is 23.3 Å². The van der Waals surface area contributed by atoms with Crippen molar-refractivity contribution in [1.82, 2.24) is 15.0 Å². The molecule has 5 heteroatoms. The first-order valence-electron chi connectivity index (χ1n) is 8.59. The Bertz CT molecular complexity index is 772. The Kier molecular flexibility index (Phi) is 4.86. The molecule has 5 nitrogen and oxygen atoms in total. The summed E-state index contributed by atoms with van der Waals surface area (Å²) in [5.41, 5.74) is 3.56. The van der Waals surface area contributed by atoms with E-state index in [1.54, 1.807) is 0 Å². The van der Waals surface area contributed by atoms with Crippen LogP contribution in [0.25, 0.3) is 11.5 Å². The molecule has 0 saturated carbocycles. The second-order valence-electron chi connectivity index (χ2n) is 6.36. The summed E-state index contributed by atoms with van der Waals surface area (Å²) in [7, 11) is 0. The van der Waals surface area contributed by atoms with Crippen LogP contribution in [-0.2, 0) is 11.3 Å². The maximum atomic E-state index is 5.85. The summed E-state index contributed by atoms with van der Waals surface area (Å²) < 4.78 is 11.0. The molecule has 0 aliphatic carbocycles. The average Bonchev–Trinajstić information content (AvgIpc) is 3.10. The molecule has 1 fully saturated rings. The van der Waals surface area contributed by atoms with Crippen LogP contribution in [0, 0.1) is 0 Å². The van der Waals surface area contributed by atoms with Crippen LogP contribution in [0.4, 0.5) is 0 Å². The number of hydrogen-bond acceptors (Lipinski definition) is 5. The molecule has 128 valence electrons. The Hall–Kier alpha value is -2.50. The lowest BCUT2D eigenvalue weighted by atomic mass is 9.98. The fraction of sp³-hybridized carbons (Fsp3) is 0.300. The van der Waals surface area contributed by atoms with Gasteiger partial charge in [0.25, 0.3) is 5.89 Å². The summed E-state index contributed by atoms with van der Waals surface area (Å²) in [6.07, 6.45) is 1.42. The van der Waals surface area contributed by atoms with Gasteiger partial charge in [-0.1, -0.05) is 47.6 Å². The highest BCUT2D eigenvalue weighted by atomic mass is 16.5. The number of ether oxygens (including phenoxy) is 1. The molecular formula is C20H21N3O2. The van der Waals surface area contributed by atoms with Crippen molar-refractivity contribution in [2.45, 2.75) is 12.5 Å². The van der Waals surface area contributed by atoms with Gasteiger partial charge in [0.05, 0.1) is 13.2 Å². The minimum absolute atomic E-state index is 0.364. The number of hydrogen-bond donors (Lipinski definition) is 0. The van der Waals surface area contributed by atoms with Crippen LogP contribution in [0.1, 0.15) is 17.0 Å². The van der Waals surface area contributed by atoms with Crippen molar-refractivity contribution in [3.05, 3.63) is 72.1 Å². The van der Waals surface area contributed by atoms with Crippen LogP contribution in [0.3, 0.4) is 0 Å². The van der Waals surface area contributed by atoms with Crippen molar-refractivity contribution in [3.8, 4) is 11.5 Å². The standard InChI is InChI=1S/C20H21N3O2/c1-2-4-16(5-3-1)12-23-10-11-24-14-19(13-23)17-6-8-18(9-7-17)20-21-15-22-25-20/h1-9,15,19H,10-14H2. The highest BCUT2D eigenvalue weighted by Gasteiger charge is 2.20. The number of benzene rings is 2. The van der Waals surface area contributed by atoms with Crippen LogP contribution < -0.4 is 0 Å². The van der Waals surface area contributed by atoms with Crippen LogP contribution in [0.2, 0.25) is 0 Å². The van der Waals surface area contributed by atoms with Crippen molar-refractivity contribution in [1.29, 1.82) is 0 Å². The summed E-state index contributed by atoms with van der Waals surface area (Å²) in [5, 5.41) is 3.66. The Morgan fingerprint density at radius 1 is 1.04 bits per heavy atom. The van der Waals surface area contributed by atoms with Gasteiger partial charge in [-0.25, -0.2) is 0 Å². The van der Waals surface area contributed by atoms with E-state index >= 15 is 0 Å². The molecule has 3 aromatic rings. The first kappa shape index (κ1) is 16.0. The van der Waals surface area contributed by atoms with Gasteiger partial charge in [-0.2, -0.15) is 4.98 Å². The largest absolute Gasteiger partial charge is 0.379 e. The van der Waals surface area contributed by atoms with Crippen LogP contribution >= 0.6 is 0 Å². The molecule has 1 saturated heterocycles. The van der Waals surface area contributed by atoms with E-state index in [9.17, 15) is 0 Å². The molecule has 4 rings (SSSR count). The Balaban J connectivity index is 1.47. The van der Waals surface area contributed by atoms with Crippen LogP contribution in [0.5, 0.6) is 0 Å². The second-order valence-corrected chi connectivity index (χ2v) is 6.36. The molecule has 0 bridgehead atoms. The van der Waals surface area contributed by atoms with Crippen molar-refractivity contribution in [2.24, 2.45) is 0 Å². The van der Waals surface area contributed by atoms with Gasteiger partial charge >= 0.3 is 0 Å². The zero-order valence-electron chi connectivity index (χ0n) is 14.0. The van der Waals surface area contributed by atoms with E-state index in [1.807, 2.05) is 12.1 Å². The van der Waals surface area contributed by atoms with Crippen molar-refractivity contribution < 1.29 is 9.26 Å². The molecule has 2 heterocycles. The van der Waals surface area contributed by atoms with Gasteiger partial charge in [0.1, 0.15) is 0 Å². The molecule has 2 aromatic carbocycles. The van der Waals surface area contributed by atoms with Crippen LogP contribution in [-0.4, -0.2) is 41.3 Å². The third kappa shape index (κ3) is 3.95. The van der Waals surface area contributed by atoms with Gasteiger partial charge in [0, 0.05) is 31.1 Å². The smallest absolute Gasteiger partial charge is 0.257 e. The van der Waals surface area contributed by atoms with Gasteiger partial charge < -0.3 is 9.26 Å². The van der Waals surface area contributed by atoms with Gasteiger partial charge in [-0.3, -0.25) is 4.90 Å². The first-order valence-corrected chi connectivity index (χ1v) is 8.59. The lowest BCUT2D eigenvalue weighted by Gasteiger charge is -2.23. The number of rotatable bonds is 4. The monoisotopic (exact) mass is 335 g/mol. The molecule has 0 amide bonds. The summed E-state index contributed by atoms with van der Waals surface area (Å²) in [6, 6.07) is 19.0. The fourth-order valence-electron chi connectivity index (χ4n) is 3.26. The average molecular weight is 335 g/mol. The lowest BCUT2D eigenvalue weighted by molar-refractivity contribution is 0.134. The highest BCUT2D eigenvalue weighted by Crippen LogP contribution is 2.24.